The smallest absolute Gasteiger partial charge is 0.322 e. The van der Waals surface area contributed by atoms with Crippen molar-refractivity contribution in [1.29, 1.82) is 0 Å². The van der Waals surface area contributed by atoms with E-state index >= 15 is 0 Å². The van der Waals surface area contributed by atoms with E-state index in [0.29, 0.717) is 44.4 Å². The van der Waals surface area contributed by atoms with Gasteiger partial charge in [0.05, 0.1) is 28.6 Å². The van der Waals surface area contributed by atoms with E-state index in [4.69, 9.17) is 11.6 Å². The Bertz CT molecular complexity index is 1720. The first-order valence-electron chi connectivity index (χ1n) is 11.2. The van der Waals surface area contributed by atoms with Crippen LogP contribution in [0.3, 0.4) is 0 Å². The van der Waals surface area contributed by atoms with E-state index in [0.717, 1.165) is 0 Å². The number of nitrogens with zero attached hydrogens (tertiary/aromatic N) is 3. The van der Waals surface area contributed by atoms with Gasteiger partial charge in [-0.25, -0.2) is 4.79 Å². The number of aromatic nitrogens is 3. The molecule has 3 aromatic carbocycles. The quantitative estimate of drug-likeness (QED) is 0.307. The number of anilines is 2. The fourth-order valence-electron chi connectivity index (χ4n) is 3.99. The summed E-state index contributed by atoms with van der Waals surface area (Å²) in [5.41, 5.74) is 3.64. The summed E-state index contributed by atoms with van der Waals surface area (Å²) in [7, 11) is 0. The number of fused-ring (bicyclic) bond motifs is 1. The summed E-state index contributed by atoms with van der Waals surface area (Å²) in [6.07, 6.45) is 4.41. The first-order valence-corrected chi connectivity index (χ1v) is 11.6. The van der Waals surface area contributed by atoms with Gasteiger partial charge in [-0.15, -0.1) is 0 Å². The third kappa shape index (κ3) is 4.78. The number of rotatable bonds is 6. The van der Waals surface area contributed by atoms with Crippen LogP contribution in [0.5, 0.6) is 0 Å². The van der Waals surface area contributed by atoms with Gasteiger partial charge >= 0.3 is 5.69 Å². The van der Waals surface area contributed by atoms with Crippen LogP contribution in [0, 0.1) is 0 Å². The van der Waals surface area contributed by atoms with Crippen LogP contribution in [0.2, 0.25) is 5.02 Å². The first kappa shape index (κ1) is 23.8. The van der Waals surface area contributed by atoms with Crippen molar-refractivity contribution in [2.45, 2.75) is 0 Å². The summed E-state index contributed by atoms with van der Waals surface area (Å²) in [4.78, 5) is 42.2. The largest absolute Gasteiger partial charge is 0.338 e. The molecule has 2 amide bonds. The lowest BCUT2D eigenvalue weighted by molar-refractivity contribution is -0.111. The molecule has 2 N–H and O–H groups in total. The average molecular weight is 510 g/mol. The number of nitrogens with one attached hydrogen (secondary N) is 2. The van der Waals surface area contributed by atoms with E-state index in [1.54, 1.807) is 100 Å². The van der Waals surface area contributed by atoms with Gasteiger partial charge in [-0.05, 0) is 72.8 Å². The topological polar surface area (TPSA) is 98.0 Å². The maximum absolute atomic E-state index is 13.7. The summed E-state index contributed by atoms with van der Waals surface area (Å²) < 4.78 is 3.09. The predicted octanol–water partition coefficient (Wildman–Crippen LogP) is 5.21. The number of imidazole rings is 1. The van der Waals surface area contributed by atoms with E-state index in [1.165, 1.54) is 6.08 Å². The standard InChI is InChI=1S/C28H20ClN5O3/c1-2-26(35)31-21-7-4-8-23(16-21)34-24-13-14-30-17-25(24)33(28(34)37)22-11-9-20(10-12-22)32-27(36)18-5-3-6-19(29)15-18/h2-17H,1H2,(H,31,35)(H,32,36). The Morgan fingerprint density at radius 1 is 0.838 bits per heavy atom. The lowest BCUT2D eigenvalue weighted by Gasteiger charge is -2.08. The van der Waals surface area contributed by atoms with Crippen LogP contribution < -0.4 is 16.3 Å². The molecule has 0 aliphatic rings. The van der Waals surface area contributed by atoms with Crippen LogP contribution in [0.25, 0.3) is 22.4 Å². The molecule has 0 aliphatic heterocycles. The molecule has 0 saturated carbocycles. The fraction of sp³-hybridized carbons (Fsp3) is 0. The molecule has 5 rings (SSSR count). The molecule has 182 valence electrons. The maximum Gasteiger partial charge on any atom is 0.338 e. The van der Waals surface area contributed by atoms with Crippen molar-refractivity contribution in [2.24, 2.45) is 0 Å². The summed E-state index contributed by atoms with van der Waals surface area (Å²) >= 11 is 5.98. The van der Waals surface area contributed by atoms with Crippen LogP contribution >= 0.6 is 11.6 Å². The fourth-order valence-corrected chi connectivity index (χ4v) is 4.18. The van der Waals surface area contributed by atoms with Gasteiger partial charge in [0.25, 0.3) is 5.91 Å². The summed E-state index contributed by atoms with van der Waals surface area (Å²) in [6.45, 7) is 3.46. The van der Waals surface area contributed by atoms with Crippen LogP contribution in [0.4, 0.5) is 11.4 Å². The van der Waals surface area contributed by atoms with E-state index in [1.807, 2.05) is 0 Å². The number of halogens is 1. The minimum atomic E-state index is -0.348. The minimum Gasteiger partial charge on any atom is -0.322 e. The molecule has 0 atom stereocenters. The molecule has 0 fully saturated rings. The van der Waals surface area contributed by atoms with E-state index in [2.05, 4.69) is 22.2 Å². The van der Waals surface area contributed by atoms with E-state index in [9.17, 15) is 14.4 Å². The van der Waals surface area contributed by atoms with Gasteiger partial charge in [0.1, 0.15) is 0 Å². The zero-order valence-corrected chi connectivity index (χ0v) is 20.1. The molecule has 8 nitrogen and oxygen atoms in total. The molecule has 2 heterocycles. The number of pyridine rings is 1. The van der Waals surface area contributed by atoms with Crippen LogP contribution in [-0.2, 0) is 4.79 Å². The van der Waals surface area contributed by atoms with Crippen molar-refractivity contribution in [3.05, 3.63) is 125 Å². The molecule has 9 heteroatoms. The Kier molecular flexibility index (Phi) is 6.40. The molecule has 0 bridgehead atoms. The number of carbonyl (C=O) groups is 2. The molecule has 0 radical (unpaired) electrons. The van der Waals surface area contributed by atoms with Crippen molar-refractivity contribution in [3.8, 4) is 11.4 Å². The number of hydrogen-bond acceptors (Lipinski definition) is 4. The molecular formula is C28H20ClN5O3. The third-order valence-corrected chi connectivity index (χ3v) is 5.90. The third-order valence-electron chi connectivity index (χ3n) is 5.67. The molecule has 0 spiro atoms. The average Bonchev–Trinajstić information content (AvgIpc) is 3.21. The van der Waals surface area contributed by atoms with Crippen molar-refractivity contribution >= 4 is 45.8 Å². The number of amides is 2. The summed E-state index contributed by atoms with van der Waals surface area (Å²) in [5.74, 6) is -0.643. The van der Waals surface area contributed by atoms with Crippen molar-refractivity contribution in [2.75, 3.05) is 10.6 Å². The molecule has 37 heavy (non-hydrogen) atoms. The second-order valence-corrected chi connectivity index (χ2v) is 8.51. The molecular weight excluding hydrogens is 490 g/mol. The number of benzene rings is 3. The highest BCUT2D eigenvalue weighted by Crippen LogP contribution is 2.23. The van der Waals surface area contributed by atoms with Gasteiger partial charge in [0.2, 0.25) is 5.91 Å². The lowest BCUT2D eigenvalue weighted by atomic mass is 10.2. The maximum atomic E-state index is 13.7. The number of hydrogen-bond donors (Lipinski definition) is 2. The van der Waals surface area contributed by atoms with Crippen molar-refractivity contribution < 1.29 is 9.59 Å². The zero-order valence-electron chi connectivity index (χ0n) is 19.4. The Hall–Kier alpha value is -4.95. The summed E-state index contributed by atoms with van der Waals surface area (Å²) in [6, 6.07) is 22.3. The molecule has 0 aliphatic carbocycles. The van der Waals surface area contributed by atoms with Crippen LogP contribution in [0.15, 0.2) is 109 Å². The van der Waals surface area contributed by atoms with Crippen LogP contribution in [0.1, 0.15) is 10.4 Å². The summed E-state index contributed by atoms with van der Waals surface area (Å²) in [5, 5.41) is 6.01. The monoisotopic (exact) mass is 509 g/mol. The van der Waals surface area contributed by atoms with E-state index < -0.39 is 0 Å². The van der Waals surface area contributed by atoms with Gasteiger partial charge in [-0.3, -0.25) is 23.7 Å². The second kappa shape index (κ2) is 9.96. The molecule has 2 aromatic heterocycles. The highest BCUT2D eigenvalue weighted by atomic mass is 35.5. The Labute approximate surface area is 216 Å². The van der Waals surface area contributed by atoms with Crippen molar-refractivity contribution in [3.63, 3.8) is 0 Å². The van der Waals surface area contributed by atoms with Gasteiger partial charge in [0, 0.05) is 28.2 Å². The Balaban J connectivity index is 1.51. The Morgan fingerprint density at radius 3 is 2.35 bits per heavy atom. The van der Waals surface area contributed by atoms with Crippen LogP contribution in [-0.4, -0.2) is 25.9 Å². The molecule has 0 saturated heterocycles. The molecule has 5 aromatic rings. The Morgan fingerprint density at radius 2 is 1.59 bits per heavy atom. The SMILES string of the molecule is C=CC(=O)Nc1cccc(-n2c(=O)n(-c3ccc(NC(=O)c4cccc(Cl)c4)cc3)c3cnccc32)c1. The second-order valence-electron chi connectivity index (χ2n) is 8.07. The molecule has 0 unspecified atom stereocenters. The predicted molar refractivity (Wildman–Crippen MR) is 145 cm³/mol. The number of carbonyl (C=O) groups excluding carboxylic acids is 2. The lowest BCUT2D eigenvalue weighted by Crippen LogP contribution is -2.22. The zero-order chi connectivity index (χ0) is 25.9. The van der Waals surface area contributed by atoms with Gasteiger partial charge < -0.3 is 10.6 Å². The normalized spacial score (nSPS) is 10.7. The minimum absolute atomic E-state index is 0.295. The van der Waals surface area contributed by atoms with Gasteiger partial charge in [-0.2, -0.15) is 0 Å². The first-order chi connectivity index (χ1) is 17.9. The van der Waals surface area contributed by atoms with Crippen molar-refractivity contribution in [1.82, 2.24) is 14.1 Å². The highest BCUT2D eigenvalue weighted by molar-refractivity contribution is 6.31. The highest BCUT2D eigenvalue weighted by Gasteiger charge is 2.17. The van der Waals surface area contributed by atoms with E-state index in [-0.39, 0.29) is 17.5 Å². The van der Waals surface area contributed by atoms with Gasteiger partial charge in [-0.1, -0.05) is 30.3 Å². The van der Waals surface area contributed by atoms with Gasteiger partial charge in [0.15, 0.2) is 0 Å².